The van der Waals surface area contributed by atoms with E-state index in [1.54, 1.807) is 31.2 Å². The van der Waals surface area contributed by atoms with E-state index < -0.39 is 5.97 Å². The lowest BCUT2D eigenvalue weighted by Gasteiger charge is -2.10. The van der Waals surface area contributed by atoms with Gasteiger partial charge < -0.3 is 4.74 Å². The molecule has 0 heterocycles. The van der Waals surface area contributed by atoms with Crippen LogP contribution >= 0.6 is 11.6 Å². The van der Waals surface area contributed by atoms with Gasteiger partial charge in [-0.05, 0) is 17.7 Å². The number of esters is 1. The van der Waals surface area contributed by atoms with Crippen molar-refractivity contribution < 1.29 is 14.3 Å². The second kappa shape index (κ2) is 5.66. The van der Waals surface area contributed by atoms with Crippen LogP contribution < -0.4 is 0 Å². The van der Waals surface area contributed by atoms with Crippen LogP contribution in [0.2, 0.25) is 5.02 Å². The molecule has 0 aliphatic heterocycles. The highest BCUT2D eigenvalue weighted by Gasteiger charge is 2.15. The molecule has 0 fully saturated rings. The van der Waals surface area contributed by atoms with Crippen molar-refractivity contribution in [2.75, 3.05) is 6.61 Å². The van der Waals surface area contributed by atoms with E-state index in [-0.39, 0.29) is 18.3 Å². The molecular formula is C12H13ClO3. The number of carbonyl (C=O) groups is 2. The molecular weight excluding hydrogens is 228 g/mol. The second-order valence-corrected chi connectivity index (χ2v) is 3.96. The number of Topliss-reactive ketones (excluding diaryl/α,β-unsaturated/α-hetero) is 1. The van der Waals surface area contributed by atoms with Gasteiger partial charge in [0.1, 0.15) is 0 Å². The maximum Gasteiger partial charge on any atom is 0.303 e. The summed E-state index contributed by atoms with van der Waals surface area (Å²) in [5.41, 5.74) is 0.863. The van der Waals surface area contributed by atoms with E-state index in [2.05, 4.69) is 4.74 Å². The summed E-state index contributed by atoms with van der Waals surface area (Å²) in [5, 5.41) is 0.628. The molecule has 1 atom stereocenters. The minimum absolute atomic E-state index is 0.127. The van der Waals surface area contributed by atoms with Gasteiger partial charge in [-0.3, -0.25) is 9.59 Å². The van der Waals surface area contributed by atoms with Gasteiger partial charge in [0.2, 0.25) is 0 Å². The highest BCUT2D eigenvalue weighted by Crippen LogP contribution is 2.18. The van der Waals surface area contributed by atoms with Crippen molar-refractivity contribution in [1.82, 2.24) is 0 Å². The average Bonchev–Trinajstić information content (AvgIpc) is 2.26. The van der Waals surface area contributed by atoms with Gasteiger partial charge in [0.05, 0.1) is 0 Å². The third kappa shape index (κ3) is 3.66. The third-order valence-corrected chi connectivity index (χ3v) is 2.52. The first-order valence-electron chi connectivity index (χ1n) is 4.92. The van der Waals surface area contributed by atoms with Gasteiger partial charge in [-0.25, -0.2) is 0 Å². The molecule has 0 aliphatic rings. The monoisotopic (exact) mass is 240 g/mol. The zero-order valence-electron chi connectivity index (χ0n) is 9.20. The van der Waals surface area contributed by atoms with E-state index in [9.17, 15) is 9.59 Å². The molecule has 0 saturated carbocycles. The fourth-order valence-corrected chi connectivity index (χ4v) is 1.36. The molecule has 0 N–H and O–H groups in total. The molecule has 1 aromatic carbocycles. The van der Waals surface area contributed by atoms with Gasteiger partial charge in [0.15, 0.2) is 12.4 Å². The molecule has 0 saturated heterocycles. The van der Waals surface area contributed by atoms with E-state index >= 15 is 0 Å². The molecule has 3 nitrogen and oxygen atoms in total. The maximum absolute atomic E-state index is 11.6. The van der Waals surface area contributed by atoms with Crippen molar-refractivity contribution >= 4 is 23.4 Å². The fourth-order valence-electron chi connectivity index (χ4n) is 1.24. The summed E-state index contributed by atoms with van der Waals surface area (Å²) in [4.78, 5) is 22.2. The maximum atomic E-state index is 11.6. The number of ether oxygens (including phenoxy) is 1. The molecule has 4 heteroatoms. The van der Waals surface area contributed by atoms with Crippen LogP contribution in [0.15, 0.2) is 24.3 Å². The predicted octanol–water partition coefficient (Wildman–Crippen LogP) is 2.58. The van der Waals surface area contributed by atoms with E-state index in [1.807, 2.05) is 0 Å². The molecule has 0 radical (unpaired) electrons. The average molecular weight is 241 g/mol. The summed E-state index contributed by atoms with van der Waals surface area (Å²) < 4.78 is 4.66. The first-order chi connectivity index (χ1) is 7.50. The highest BCUT2D eigenvalue weighted by atomic mass is 35.5. The van der Waals surface area contributed by atoms with E-state index in [1.165, 1.54) is 6.92 Å². The van der Waals surface area contributed by atoms with Gasteiger partial charge >= 0.3 is 5.97 Å². The fraction of sp³-hybridized carbons (Fsp3) is 0.333. The molecule has 1 unspecified atom stereocenters. The number of benzene rings is 1. The van der Waals surface area contributed by atoms with Gasteiger partial charge in [0.25, 0.3) is 0 Å². The number of ketones is 1. The Kier molecular flexibility index (Phi) is 4.50. The van der Waals surface area contributed by atoms with Crippen molar-refractivity contribution in [1.29, 1.82) is 0 Å². The quantitative estimate of drug-likeness (QED) is 0.760. The number of carbonyl (C=O) groups excluding carboxylic acids is 2. The van der Waals surface area contributed by atoms with Crippen LogP contribution in [0.4, 0.5) is 0 Å². The zero-order chi connectivity index (χ0) is 12.1. The molecule has 86 valence electrons. The lowest BCUT2D eigenvalue weighted by molar-refractivity contribution is -0.146. The Morgan fingerprint density at radius 3 is 2.38 bits per heavy atom. The van der Waals surface area contributed by atoms with Gasteiger partial charge in [-0.1, -0.05) is 30.7 Å². The standard InChI is InChI=1S/C12H13ClO3/c1-8(12(15)7-16-9(2)14)10-3-5-11(13)6-4-10/h3-6,8H,7H2,1-2H3. The summed E-state index contributed by atoms with van der Waals surface area (Å²) in [6.07, 6.45) is 0. The molecule has 1 aromatic rings. The Bertz CT molecular complexity index is 384. The minimum atomic E-state index is -0.448. The first kappa shape index (κ1) is 12.7. The van der Waals surface area contributed by atoms with Crippen molar-refractivity contribution in [3.8, 4) is 0 Å². The lowest BCUT2D eigenvalue weighted by Crippen LogP contribution is -2.17. The van der Waals surface area contributed by atoms with Gasteiger partial charge in [-0.2, -0.15) is 0 Å². The van der Waals surface area contributed by atoms with Crippen LogP contribution in [0.3, 0.4) is 0 Å². The molecule has 0 bridgehead atoms. The largest absolute Gasteiger partial charge is 0.458 e. The zero-order valence-corrected chi connectivity index (χ0v) is 9.95. The summed E-state index contributed by atoms with van der Waals surface area (Å²) in [6, 6.07) is 7.04. The van der Waals surface area contributed by atoms with Crippen LogP contribution in [-0.4, -0.2) is 18.4 Å². The Morgan fingerprint density at radius 1 is 1.31 bits per heavy atom. The van der Waals surface area contributed by atoms with Crippen molar-refractivity contribution in [3.05, 3.63) is 34.9 Å². The van der Waals surface area contributed by atoms with Gasteiger partial charge in [0, 0.05) is 17.9 Å². The Hall–Kier alpha value is -1.35. The number of rotatable bonds is 4. The van der Waals surface area contributed by atoms with Crippen LogP contribution in [0.25, 0.3) is 0 Å². The van der Waals surface area contributed by atoms with Crippen LogP contribution in [-0.2, 0) is 14.3 Å². The summed E-state index contributed by atoms with van der Waals surface area (Å²) in [7, 11) is 0. The molecule has 0 aromatic heterocycles. The summed E-state index contributed by atoms with van der Waals surface area (Å²) >= 11 is 5.74. The first-order valence-corrected chi connectivity index (χ1v) is 5.30. The molecule has 1 rings (SSSR count). The predicted molar refractivity (Wildman–Crippen MR) is 61.5 cm³/mol. The normalized spacial score (nSPS) is 11.9. The lowest BCUT2D eigenvalue weighted by atomic mass is 9.97. The number of hydrogen-bond donors (Lipinski definition) is 0. The SMILES string of the molecule is CC(=O)OCC(=O)C(C)c1ccc(Cl)cc1. The van der Waals surface area contributed by atoms with Crippen molar-refractivity contribution in [3.63, 3.8) is 0 Å². The number of halogens is 1. The summed E-state index contributed by atoms with van der Waals surface area (Å²) in [6.45, 7) is 2.87. The third-order valence-electron chi connectivity index (χ3n) is 2.27. The van der Waals surface area contributed by atoms with E-state index in [0.29, 0.717) is 5.02 Å². The van der Waals surface area contributed by atoms with Gasteiger partial charge in [-0.15, -0.1) is 0 Å². The van der Waals surface area contributed by atoms with Crippen LogP contribution in [0, 0.1) is 0 Å². The molecule has 0 spiro atoms. The Morgan fingerprint density at radius 2 is 1.88 bits per heavy atom. The second-order valence-electron chi connectivity index (χ2n) is 3.52. The smallest absolute Gasteiger partial charge is 0.303 e. The number of hydrogen-bond acceptors (Lipinski definition) is 3. The van der Waals surface area contributed by atoms with E-state index in [4.69, 9.17) is 11.6 Å². The Labute approximate surface area is 99.4 Å². The topological polar surface area (TPSA) is 43.4 Å². The summed E-state index contributed by atoms with van der Waals surface area (Å²) in [5.74, 6) is -0.870. The van der Waals surface area contributed by atoms with Crippen molar-refractivity contribution in [2.24, 2.45) is 0 Å². The highest BCUT2D eigenvalue weighted by molar-refractivity contribution is 6.30. The van der Waals surface area contributed by atoms with Crippen LogP contribution in [0.5, 0.6) is 0 Å². The molecule has 0 aliphatic carbocycles. The Balaban J connectivity index is 2.63. The van der Waals surface area contributed by atoms with Crippen molar-refractivity contribution in [2.45, 2.75) is 19.8 Å². The minimum Gasteiger partial charge on any atom is -0.458 e. The van der Waals surface area contributed by atoms with E-state index in [0.717, 1.165) is 5.56 Å². The molecule has 0 amide bonds. The molecule has 16 heavy (non-hydrogen) atoms. The van der Waals surface area contributed by atoms with Crippen LogP contribution in [0.1, 0.15) is 25.3 Å².